The van der Waals surface area contributed by atoms with Gasteiger partial charge >= 0.3 is 5.97 Å². The van der Waals surface area contributed by atoms with Crippen molar-refractivity contribution in [3.63, 3.8) is 0 Å². The molecule has 0 atom stereocenters. The Morgan fingerprint density at radius 3 is 2.54 bits per heavy atom. The third-order valence-electron chi connectivity index (χ3n) is 3.79. The molecule has 0 aliphatic rings. The molecule has 0 saturated carbocycles. The molecule has 1 amide bonds. The molecule has 6 heteroatoms. The van der Waals surface area contributed by atoms with Crippen molar-refractivity contribution >= 4 is 44.3 Å². The van der Waals surface area contributed by atoms with Gasteiger partial charge in [-0.05, 0) is 44.9 Å². The highest BCUT2D eigenvalue weighted by Gasteiger charge is 2.14. The third-order valence-corrected chi connectivity index (χ3v) is 4.61. The number of para-hydroxylation sites is 1. The van der Waals surface area contributed by atoms with Crippen LogP contribution in [0.25, 0.3) is 10.8 Å². The largest absolute Gasteiger partial charge is 0.483 e. The van der Waals surface area contributed by atoms with E-state index in [1.807, 2.05) is 36.4 Å². The van der Waals surface area contributed by atoms with Gasteiger partial charge in [-0.25, -0.2) is 4.79 Å². The number of benzene rings is 3. The van der Waals surface area contributed by atoms with Gasteiger partial charge in [0.2, 0.25) is 0 Å². The van der Waals surface area contributed by atoms with Gasteiger partial charge in [0.05, 0.1) is 22.8 Å². The van der Waals surface area contributed by atoms with E-state index in [0.717, 1.165) is 15.2 Å². The van der Waals surface area contributed by atoms with E-state index in [-0.39, 0.29) is 18.1 Å². The molecule has 0 unspecified atom stereocenters. The molecule has 5 nitrogen and oxygen atoms in total. The Kier molecular flexibility index (Phi) is 5.53. The molecule has 3 aromatic rings. The van der Waals surface area contributed by atoms with Crippen molar-refractivity contribution in [2.45, 2.75) is 0 Å². The van der Waals surface area contributed by atoms with Crippen LogP contribution in [0.15, 0.2) is 65.1 Å². The quantitative estimate of drug-likeness (QED) is 0.629. The lowest BCUT2D eigenvalue weighted by molar-refractivity contribution is -0.118. The van der Waals surface area contributed by atoms with E-state index in [1.54, 1.807) is 24.3 Å². The minimum atomic E-state index is -0.515. The van der Waals surface area contributed by atoms with Gasteiger partial charge in [-0.15, -0.1) is 0 Å². The van der Waals surface area contributed by atoms with Gasteiger partial charge in [0, 0.05) is 0 Å². The number of anilines is 1. The Balaban J connectivity index is 1.71. The van der Waals surface area contributed by atoms with Gasteiger partial charge in [0.15, 0.2) is 6.61 Å². The van der Waals surface area contributed by atoms with E-state index >= 15 is 0 Å². The molecular formula is C20H16BrNO4. The smallest absolute Gasteiger partial charge is 0.339 e. The first-order valence-electron chi connectivity index (χ1n) is 7.87. The van der Waals surface area contributed by atoms with Crippen molar-refractivity contribution in [3.05, 3.63) is 70.7 Å². The lowest BCUT2D eigenvalue weighted by Gasteiger charge is -2.12. The fraction of sp³-hybridized carbons (Fsp3) is 0.100. The maximum absolute atomic E-state index is 12.2. The van der Waals surface area contributed by atoms with Crippen LogP contribution in [0.2, 0.25) is 0 Å². The second-order valence-electron chi connectivity index (χ2n) is 5.47. The first kappa shape index (κ1) is 17.9. The Bertz CT molecular complexity index is 971. The van der Waals surface area contributed by atoms with E-state index in [2.05, 4.69) is 21.2 Å². The molecule has 132 valence electrons. The van der Waals surface area contributed by atoms with Crippen LogP contribution in [0, 0.1) is 0 Å². The summed E-state index contributed by atoms with van der Waals surface area (Å²) in [6.07, 6.45) is 0. The van der Waals surface area contributed by atoms with Gasteiger partial charge in [0.1, 0.15) is 5.75 Å². The molecule has 3 rings (SSSR count). The topological polar surface area (TPSA) is 64.6 Å². The second kappa shape index (κ2) is 8.01. The van der Waals surface area contributed by atoms with E-state index in [4.69, 9.17) is 9.47 Å². The zero-order valence-electron chi connectivity index (χ0n) is 14.0. The van der Waals surface area contributed by atoms with Crippen LogP contribution < -0.4 is 10.1 Å². The average molecular weight is 414 g/mol. The average Bonchev–Trinajstić information content (AvgIpc) is 2.67. The number of hydrogen-bond acceptors (Lipinski definition) is 4. The fourth-order valence-corrected chi connectivity index (χ4v) is 3.14. The number of esters is 1. The highest BCUT2D eigenvalue weighted by molar-refractivity contribution is 9.10. The summed E-state index contributed by atoms with van der Waals surface area (Å²) in [7, 11) is 1.29. The lowest BCUT2D eigenvalue weighted by atomic mass is 10.1. The number of ether oxygens (including phenoxy) is 2. The number of amides is 1. The zero-order chi connectivity index (χ0) is 18.5. The summed E-state index contributed by atoms with van der Waals surface area (Å²) in [4.78, 5) is 24.0. The molecule has 0 aromatic heterocycles. The molecule has 0 saturated heterocycles. The van der Waals surface area contributed by atoms with Gasteiger partial charge in [-0.2, -0.15) is 0 Å². The van der Waals surface area contributed by atoms with Gasteiger partial charge < -0.3 is 14.8 Å². The molecule has 0 heterocycles. The van der Waals surface area contributed by atoms with Crippen molar-refractivity contribution in [2.75, 3.05) is 19.0 Å². The summed E-state index contributed by atoms with van der Waals surface area (Å²) in [5.74, 6) is -0.319. The maximum atomic E-state index is 12.2. The monoisotopic (exact) mass is 413 g/mol. The van der Waals surface area contributed by atoms with Crippen LogP contribution in [-0.4, -0.2) is 25.6 Å². The van der Waals surface area contributed by atoms with Crippen molar-refractivity contribution < 1.29 is 19.1 Å². The van der Waals surface area contributed by atoms with Gasteiger partial charge in [0.25, 0.3) is 5.91 Å². The number of carbonyl (C=O) groups excluding carboxylic acids is 2. The molecule has 0 radical (unpaired) electrons. The molecule has 0 aliphatic carbocycles. The molecule has 0 spiro atoms. The summed E-state index contributed by atoms with van der Waals surface area (Å²) in [5.41, 5.74) is 0.667. The predicted octanol–water partition coefficient (Wildman–Crippen LogP) is 4.41. The highest BCUT2D eigenvalue weighted by atomic mass is 79.9. The minimum Gasteiger partial charge on any atom is -0.483 e. The second-order valence-corrected chi connectivity index (χ2v) is 6.27. The van der Waals surface area contributed by atoms with Crippen LogP contribution in [0.4, 0.5) is 5.69 Å². The summed E-state index contributed by atoms with van der Waals surface area (Å²) in [6, 6.07) is 18.3. The zero-order valence-corrected chi connectivity index (χ0v) is 15.6. The first-order chi connectivity index (χ1) is 12.6. The van der Waals surface area contributed by atoms with Crippen LogP contribution in [0.1, 0.15) is 10.4 Å². The third kappa shape index (κ3) is 3.86. The molecular weight excluding hydrogens is 398 g/mol. The predicted molar refractivity (Wildman–Crippen MR) is 104 cm³/mol. The van der Waals surface area contributed by atoms with E-state index < -0.39 is 5.97 Å². The van der Waals surface area contributed by atoms with E-state index in [0.29, 0.717) is 11.4 Å². The lowest BCUT2D eigenvalue weighted by Crippen LogP contribution is -2.21. The first-order valence-corrected chi connectivity index (χ1v) is 8.66. The number of carbonyl (C=O) groups is 2. The normalized spacial score (nSPS) is 10.4. The molecule has 0 bridgehead atoms. The van der Waals surface area contributed by atoms with Crippen LogP contribution in [0.3, 0.4) is 0 Å². The standard InChI is InChI=1S/C20H16BrNO4/c1-25-20(24)15-8-4-5-9-16(15)22-18(23)12-26-17-11-10-13-6-2-3-7-14(13)19(17)21/h2-11H,12H2,1H3,(H,22,23). The summed E-state index contributed by atoms with van der Waals surface area (Å²) >= 11 is 3.52. The number of methoxy groups -OCH3 is 1. The molecule has 26 heavy (non-hydrogen) atoms. The van der Waals surface area contributed by atoms with Crippen molar-refractivity contribution in [1.29, 1.82) is 0 Å². The minimum absolute atomic E-state index is 0.188. The number of fused-ring (bicyclic) bond motifs is 1. The number of hydrogen-bond donors (Lipinski definition) is 1. The van der Waals surface area contributed by atoms with Gasteiger partial charge in [-0.1, -0.05) is 42.5 Å². The molecule has 0 fully saturated rings. The highest BCUT2D eigenvalue weighted by Crippen LogP contribution is 2.33. The Hall–Kier alpha value is -2.86. The summed E-state index contributed by atoms with van der Waals surface area (Å²) in [5, 5.41) is 4.75. The fourth-order valence-electron chi connectivity index (χ4n) is 2.53. The maximum Gasteiger partial charge on any atom is 0.339 e. The van der Waals surface area contributed by atoms with E-state index in [1.165, 1.54) is 7.11 Å². The van der Waals surface area contributed by atoms with Gasteiger partial charge in [-0.3, -0.25) is 4.79 Å². The van der Waals surface area contributed by atoms with Crippen LogP contribution >= 0.6 is 15.9 Å². The molecule has 3 aromatic carbocycles. The Morgan fingerprint density at radius 1 is 1.00 bits per heavy atom. The SMILES string of the molecule is COC(=O)c1ccccc1NC(=O)COc1ccc2ccccc2c1Br. The number of rotatable bonds is 5. The Morgan fingerprint density at radius 2 is 1.73 bits per heavy atom. The summed E-state index contributed by atoms with van der Waals surface area (Å²) < 4.78 is 11.1. The van der Waals surface area contributed by atoms with Crippen molar-refractivity contribution in [1.82, 2.24) is 0 Å². The number of nitrogens with one attached hydrogen (secondary N) is 1. The van der Waals surface area contributed by atoms with Crippen molar-refractivity contribution in [2.24, 2.45) is 0 Å². The number of halogens is 1. The molecule has 0 aliphatic heterocycles. The Labute approximate surface area is 159 Å². The molecule has 1 N–H and O–H groups in total. The van der Waals surface area contributed by atoms with Crippen LogP contribution in [-0.2, 0) is 9.53 Å². The summed E-state index contributed by atoms with van der Waals surface area (Å²) in [6.45, 7) is -0.188. The van der Waals surface area contributed by atoms with Crippen LogP contribution in [0.5, 0.6) is 5.75 Å². The van der Waals surface area contributed by atoms with E-state index in [9.17, 15) is 9.59 Å². The van der Waals surface area contributed by atoms with Crippen molar-refractivity contribution in [3.8, 4) is 5.75 Å².